The summed E-state index contributed by atoms with van der Waals surface area (Å²) < 4.78 is 0. The number of aryl methyl sites for hydroxylation is 2. The van der Waals surface area contributed by atoms with E-state index in [1.54, 1.807) is 46.5 Å². The molecular weight excluding hydrogens is 747 g/mol. The molecule has 2 saturated carbocycles. The van der Waals surface area contributed by atoms with Crippen molar-refractivity contribution in [3.05, 3.63) is 105 Å². The van der Waals surface area contributed by atoms with Crippen molar-refractivity contribution in [2.24, 2.45) is 34.1 Å². The van der Waals surface area contributed by atoms with Crippen LogP contribution >= 0.6 is 0 Å². The molecule has 0 aromatic heterocycles. The zero-order valence-corrected chi connectivity index (χ0v) is 37.8. The highest BCUT2D eigenvalue weighted by molar-refractivity contribution is 6.21. The first-order chi connectivity index (χ1) is 28.3. The molecule has 6 N–H and O–H groups in total. The van der Waals surface area contributed by atoms with Crippen molar-refractivity contribution in [3.8, 4) is 0 Å². The highest BCUT2D eigenvalue weighted by Crippen LogP contribution is 2.58. The van der Waals surface area contributed by atoms with Gasteiger partial charge in [-0.25, -0.2) is 4.79 Å². The quantitative estimate of drug-likeness (QED) is 0.166. The van der Waals surface area contributed by atoms with E-state index < -0.39 is 23.9 Å². The number of rotatable bonds is 8. The highest BCUT2D eigenvalue weighted by Gasteiger charge is 2.52. The van der Waals surface area contributed by atoms with E-state index in [9.17, 15) is 14.4 Å². The summed E-state index contributed by atoms with van der Waals surface area (Å²) in [4.78, 5) is 35.1. The predicted octanol–water partition coefficient (Wildman–Crippen LogP) is 9.68. The SMILES string of the molecule is CC(C)c1ccc2c(c1)CC[C@H]1[C@@](C)(CN)CCC[C@]21C.CC(C)c1ccc2c(c1)CC[C@H]1[C@@](C)(CN)CCC[C@]21C.O=C(O)C(O)CCN1C(=O)c2ccccc2C1=O. The van der Waals surface area contributed by atoms with Gasteiger partial charge in [-0.1, -0.05) is 117 Å². The van der Waals surface area contributed by atoms with E-state index in [0.29, 0.717) is 44.6 Å². The number of nitrogens with zero attached hydrogens (tertiary/aromatic N) is 1. The first-order valence-corrected chi connectivity index (χ1v) is 22.9. The summed E-state index contributed by atoms with van der Waals surface area (Å²) in [7, 11) is 0. The molecule has 3 aromatic carbocycles. The summed E-state index contributed by atoms with van der Waals surface area (Å²) >= 11 is 0. The van der Waals surface area contributed by atoms with Gasteiger partial charge in [-0.15, -0.1) is 0 Å². The molecule has 326 valence electrons. The Morgan fingerprint density at radius 1 is 0.700 bits per heavy atom. The number of aliphatic hydroxyl groups is 1. The smallest absolute Gasteiger partial charge is 0.332 e. The van der Waals surface area contributed by atoms with Gasteiger partial charge in [-0.05, 0) is 155 Å². The number of benzene rings is 3. The Kier molecular flexibility index (Phi) is 13.6. The Bertz CT molecular complexity index is 1930. The van der Waals surface area contributed by atoms with E-state index in [-0.39, 0.29) is 13.0 Å². The predicted molar refractivity (Wildman–Crippen MR) is 241 cm³/mol. The third kappa shape index (κ3) is 8.50. The standard InChI is InChI=1S/2C20H31N.C12H11NO5/c2*1-14(2)15-6-8-17-16(12-15)7-9-18-19(3,13-21)10-5-11-20(17,18)4;14-9(12(17)18)5-6-13-10(15)7-3-1-2-4-8(7)11(13)16/h2*6,8,12,14,18H,5,7,9-11,13,21H2,1-4H3;1-4,9,14H,5-6H2,(H,17,18)/t2*18-,19+,20+;/m00./s1. The first kappa shape index (κ1) is 45.7. The number of nitrogens with two attached hydrogens (primary N) is 2. The lowest BCUT2D eigenvalue weighted by Crippen LogP contribution is -2.51. The van der Waals surface area contributed by atoms with E-state index in [2.05, 4.69) is 91.8 Å². The summed E-state index contributed by atoms with van der Waals surface area (Å²) in [5.74, 6) is 0.485. The molecule has 5 aliphatic rings. The van der Waals surface area contributed by atoms with Crippen LogP contribution in [0.5, 0.6) is 0 Å². The van der Waals surface area contributed by atoms with Crippen LogP contribution in [-0.2, 0) is 28.5 Å². The molecule has 2 amide bonds. The van der Waals surface area contributed by atoms with Crippen LogP contribution in [-0.4, -0.2) is 58.6 Å². The molecule has 1 aliphatic heterocycles. The molecule has 1 unspecified atom stereocenters. The maximum Gasteiger partial charge on any atom is 0.332 e. The number of carboxylic acid groups (broad SMARTS) is 1. The molecule has 0 radical (unpaired) electrons. The minimum atomic E-state index is -1.57. The molecule has 1 heterocycles. The van der Waals surface area contributed by atoms with Crippen LogP contribution in [0.25, 0.3) is 0 Å². The van der Waals surface area contributed by atoms with Gasteiger partial charge in [-0.2, -0.15) is 0 Å². The fourth-order valence-corrected chi connectivity index (χ4v) is 12.3. The number of amides is 2. The number of carbonyl (C=O) groups excluding carboxylic acids is 2. The number of carboxylic acids is 1. The fourth-order valence-electron chi connectivity index (χ4n) is 12.3. The summed E-state index contributed by atoms with van der Waals surface area (Å²) in [5.41, 5.74) is 23.8. The molecule has 8 nitrogen and oxygen atoms in total. The Balaban J connectivity index is 0.000000152. The van der Waals surface area contributed by atoms with E-state index in [1.165, 1.54) is 75.3 Å². The zero-order valence-electron chi connectivity index (χ0n) is 37.8. The lowest BCUT2D eigenvalue weighted by atomic mass is 9.50. The van der Waals surface area contributed by atoms with Crippen molar-refractivity contribution < 1.29 is 24.6 Å². The van der Waals surface area contributed by atoms with Crippen LogP contribution in [0.4, 0.5) is 0 Å². The number of aliphatic carboxylic acids is 1. The summed E-state index contributed by atoms with van der Waals surface area (Å²) in [6.07, 6.45) is 11.3. The lowest BCUT2D eigenvalue weighted by molar-refractivity contribution is -0.147. The highest BCUT2D eigenvalue weighted by atomic mass is 16.4. The second-order valence-corrected chi connectivity index (χ2v) is 20.5. The summed E-state index contributed by atoms with van der Waals surface area (Å²) in [5, 5.41) is 17.7. The number of carbonyl (C=O) groups is 3. The molecular formula is C52H73N3O5. The van der Waals surface area contributed by atoms with Crippen LogP contribution in [0.2, 0.25) is 0 Å². The molecule has 0 saturated heterocycles. The van der Waals surface area contributed by atoms with Gasteiger partial charge in [0.05, 0.1) is 11.1 Å². The molecule has 8 heteroatoms. The van der Waals surface area contributed by atoms with Crippen LogP contribution < -0.4 is 11.5 Å². The number of aliphatic hydroxyl groups excluding tert-OH is 1. The Hall–Kier alpha value is -3.85. The van der Waals surface area contributed by atoms with Gasteiger partial charge in [-0.3, -0.25) is 14.5 Å². The monoisotopic (exact) mass is 820 g/mol. The Morgan fingerprint density at radius 3 is 1.48 bits per heavy atom. The number of hydrogen-bond acceptors (Lipinski definition) is 6. The summed E-state index contributed by atoms with van der Waals surface area (Å²) in [6, 6.07) is 21.0. The largest absolute Gasteiger partial charge is 0.479 e. The lowest BCUT2D eigenvalue weighted by Gasteiger charge is -2.55. The van der Waals surface area contributed by atoms with E-state index in [0.717, 1.165) is 29.8 Å². The second-order valence-electron chi connectivity index (χ2n) is 20.5. The van der Waals surface area contributed by atoms with Gasteiger partial charge >= 0.3 is 5.97 Å². The minimum absolute atomic E-state index is 0.111. The van der Waals surface area contributed by atoms with Crippen molar-refractivity contribution in [2.45, 2.75) is 155 Å². The number of fused-ring (bicyclic) bond motifs is 7. The van der Waals surface area contributed by atoms with Gasteiger partial charge in [0.2, 0.25) is 0 Å². The van der Waals surface area contributed by atoms with Crippen LogP contribution in [0.3, 0.4) is 0 Å². The van der Waals surface area contributed by atoms with E-state index >= 15 is 0 Å². The average molecular weight is 820 g/mol. The maximum atomic E-state index is 11.9. The Labute approximate surface area is 359 Å². The van der Waals surface area contributed by atoms with Crippen LogP contribution in [0, 0.1) is 22.7 Å². The van der Waals surface area contributed by atoms with Crippen molar-refractivity contribution in [2.75, 3.05) is 19.6 Å². The molecule has 0 spiro atoms. The summed E-state index contributed by atoms with van der Waals surface area (Å²) in [6.45, 7) is 20.6. The maximum absolute atomic E-state index is 11.9. The molecule has 2 fully saturated rings. The average Bonchev–Trinajstić information content (AvgIpc) is 3.47. The third-order valence-corrected chi connectivity index (χ3v) is 16.1. The minimum Gasteiger partial charge on any atom is -0.479 e. The third-order valence-electron chi connectivity index (χ3n) is 16.1. The molecule has 3 aromatic rings. The van der Waals surface area contributed by atoms with Crippen molar-refractivity contribution >= 4 is 17.8 Å². The van der Waals surface area contributed by atoms with Crippen LogP contribution in [0.15, 0.2) is 60.7 Å². The van der Waals surface area contributed by atoms with Crippen molar-refractivity contribution in [3.63, 3.8) is 0 Å². The molecule has 0 bridgehead atoms. The number of imide groups is 1. The second kappa shape index (κ2) is 17.9. The topological polar surface area (TPSA) is 147 Å². The fraction of sp³-hybridized carbons (Fsp3) is 0.596. The first-order valence-electron chi connectivity index (χ1n) is 22.9. The van der Waals surface area contributed by atoms with Gasteiger partial charge < -0.3 is 21.7 Å². The molecule has 60 heavy (non-hydrogen) atoms. The zero-order chi connectivity index (χ0) is 43.8. The van der Waals surface area contributed by atoms with Gasteiger partial charge in [0, 0.05) is 13.0 Å². The van der Waals surface area contributed by atoms with Crippen molar-refractivity contribution in [1.82, 2.24) is 4.90 Å². The van der Waals surface area contributed by atoms with E-state index in [1.807, 2.05) is 0 Å². The van der Waals surface area contributed by atoms with Gasteiger partial charge in [0.1, 0.15) is 0 Å². The number of hydrogen-bond donors (Lipinski definition) is 4. The van der Waals surface area contributed by atoms with Gasteiger partial charge in [0.25, 0.3) is 11.8 Å². The molecule has 4 aliphatic carbocycles. The van der Waals surface area contributed by atoms with E-state index in [4.69, 9.17) is 21.7 Å². The normalized spacial score (nSPS) is 29.5. The Morgan fingerprint density at radius 2 is 1.12 bits per heavy atom. The molecule has 7 atom stereocenters. The van der Waals surface area contributed by atoms with Gasteiger partial charge in [0.15, 0.2) is 6.10 Å². The van der Waals surface area contributed by atoms with Crippen molar-refractivity contribution in [1.29, 1.82) is 0 Å². The van der Waals surface area contributed by atoms with Crippen LogP contribution in [0.1, 0.15) is 179 Å². The molecule has 8 rings (SSSR count).